The van der Waals surface area contributed by atoms with Crippen LogP contribution >= 0.6 is 11.8 Å². The van der Waals surface area contributed by atoms with E-state index >= 15 is 0 Å². The van der Waals surface area contributed by atoms with Crippen LogP contribution in [0.5, 0.6) is 0 Å². The lowest BCUT2D eigenvalue weighted by Crippen LogP contribution is -2.29. The van der Waals surface area contributed by atoms with Crippen LogP contribution in [0, 0.1) is 13.8 Å². The second-order valence-electron chi connectivity index (χ2n) is 7.68. The Bertz CT molecular complexity index is 1120. The molecule has 7 heteroatoms. The monoisotopic (exact) mass is 423 g/mol. The molecule has 0 spiro atoms. The van der Waals surface area contributed by atoms with Gasteiger partial charge in [0.2, 0.25) is 5.91 Å². The summed E-state index contributed by atoms with van der Waals surface area (Å²) >= 11 is 1.28. The van der Waals surface area contributed by atoms with Crippen LogP contribution in [0.1, 0.15) is 24.0 Å². The van der Waals surface area contributed by atoms with E-state index in [1.807, 2.05) is 44.2 Å². The molecule has 4 rings (SSSR count). The minimum absolute atomic E-state index is 0.00843. The number of benzene rings is 2. The van der Waals surface area contributed by atoms with Crippen molar-refractivity contribution in [1.82, 2.24) is 9.55 Å². The van der Waals surface area contributed by atoms with Gasteiger partial charge in [-0.05, 0) is 62.1 Å². The number of rotatable bonds is 6. The molecule has 0 saturated carbocycles. The minimum Gasteiger partial charge on any atom is -0.376 e. The molecule has 1 atom stereocenters. The number of ether oxygens (including phenoxy) is 1. The molecule has 1 aliphatic heterocycles. The van der Waals surface area contributed by atoms with Crippen LogP contribution in [0.2, 0.25) is 0 Å². The number of para-hydroxylation sites is 1. The average Bonchev–Trinajstić information content (AvgIpc) is 3.21. The van der Waals surface area contributed by atoms with Crippen molar-refractivity contribution >= 4 is 34.3 Å². The lowest BCUT2D eigenvalue weighted by molar-refractivity contribution is -0.113. The molecule has 6 nitrogen and oxygen atoms in total. The smallest absolute Gasteiger partial charge is 0.262 e. The number of hydrogen-bond acceptors (Lipinski definition) is 5. The highest BCUT2D eigenvalue weighted by Gasteiger charge is 2.20. The highest BCUT2D eigenvalue weighted by atomic mass is 32.2. The highest BCUT2D eigenvalue weighted by molar-refractivity contribution is 7.99. The minimum atomic E-state index is -0.129. The second-order valence-corrected chi connectivity index (χ2v) is 8.62. The first-order chi connectivity index (χ1) is 14.5. The first kappa shape index (κ1) is 20.6. The number of thioether (sulfide) groups is 1. The zero-order valence-electron chi connectivity index (χ0n) is 17.2. The van der Waals surface area contributed by atoms with Gasteiger partial charge in [-0.15, -0.1) is 0 Å². The molecule has 0 bridgehead atoms. The summed E-state index contributed by atoms with van der Waals surface area (Å²) in [4.78, 5) is 30.3. The molecule has 156 valence electrons. The fourth-order valence-corrected chi connectivity index (χ4v) is 4.59. The van der Waals surface area contributed by atoms with E-state index in [9.17, 15) is 9.59 Å². The van der Waals surface area contributed by atoms with Gasteiger partial charge in [-0.25, -0.2) is 4.98 Å². The summed E-state index contributed by atoms with van der Waals surface area (Å²) in [6.07, 6.45) is 1.94. The van der Waals surface area contributed by atoms with Crippen LogP contribution < -0.4 is 10.9 Å². The van der Waals surface area contributed by atoms with Crippen LogP contribution in [-0.2, 0) is 16.1 Å². The summed E-state index contributed by atoms with van der Waals surface area (Å²) in [6, 6.07) is 13.3. The summed E-state index contributed by atoms with van der Waals surface area (Å²) in [5.74, 6) is 0.0413. The van der Waals surface area contributed by atoms with Gasteiger partial charge in [0.1, 0.15) is 0 Å². The molecule has 2 heterocycles. The Kier molecular flexibility index (Phi) is 6.20. The first-order valence-electron chi connectivity index (χ1n) is 10.1. The molecular weight excluding hydrogens is 398 g/mol. The predicted octanol–water partition coefficient (Wildman–Crippen LogP) is 3.92. The number of hydrogen-bond donors (Lipinski definition) is 1. The number of carbonyl (C=O) groups excluding carboxylic acids is 1. The van der Waals surface area contributed by atoms with Crippen molar-refractivity contribution in [1.29, 1.82) is 0 Å². The van der Waals surface area contributed by atoms with E-state index in [-0.39, 0.29) is 23.3 Å². The Balaban J connectivity index is 1.56. The molecule has 1 amide bonds. The van der Waals surface area contributed by atoms with E-state index in [2.05, 4.69) is 16.4 Å². The number of fused-ring (bicyclic) bond motifs is 1. The van der Waals surface area contributed by atoms with Gasteiger partial charge in [-0.1, -0.05) is 30.0 Å². The molecule has 1 unspecified atom stereocenters. The maximum Gasteiger partial charge on any atom is 0.262 e. The molecule has 1 aliphatic rings. The maximum atomic E-state index is 13.1. The van der Waals surface area contributed by atoms with Crippen LogP contribution in [-0.4, -0.2) is 33.9 Å². The van der Waals surface area contributed by atoms with Crippen LogP contribution in [0.3, 0.4) is 0 Å². The fourth-order valence-electron chi connectivity index (χ4n) is 3.78. The lowest BCUT2D eigenvalue weighted by Gasteiger charge is -2.16. The molecule has 0 radical (unpaired) electrons. The Hall–Kier alpha value is -2.64. The largest absolute Gasteiger partial charge is 0.376 e. The molecule has 0 aliphatic carbocycles. The maximum absolute atomic E-state index is 13.1. The first-order valence-corrected chi connectivity index (χ1v) is 11.1. The topological polar surface area (TPSA) is 73.2 Å². The molecule has 1 fully saturated rings. The number of amides is 1. The van der Waals surface area contributed by atoms with E-state index in [4.69, 9.17) is 4.74 Å². The van der Waals surface area contributed by atoms with Gasteiger partial charge >= 0.3 is 0 Å². The van der Waals surface area contributed by atoms with Gasteiger partial charge < -0.3 is 10.1 Å². The third-order valence-corrected chi connectivity index (χ3v) is 6.05. The van der Waals surface area contributed by atoms with Crippen molar-refractivity contribution in [2.75, 3.05) is 17.7 Å². The lowest BCUT2D eigenvalue weighted by atomic mass is 10.1. The van der Waals surface area contributed by atoms with Crippen molar-refractivity contribution in [3.63, 3.8) is 0 Å². The second kappa shape index (κ2) is 9.02. The SMILES string of the molecule is Cc1cc(C)cc(NC(=O)CSc2nc3ccccc3c(=O)n2CC2CCCO2)c1. The van der Waals surface area contributed by atoms with Crippen LogP contribution in [0.15, 0.2) is 52.4 Å². The number of aryl methyl sites for hydroxylation is 2. The molecular formula is C23H25N3O3S. The van der Waals surface area contributed by atoms with Gasteiger partial charge in [-0.3, -0.25) is 14.2 Å². The zero-order valence-corrected chi connectivity index (χ0v) is 18.0. The van der Waals surface area contributed by atoms with Gasteiger partial charge in [0, 0.05) is 12.3 Å². The Morgan fingerprint density at radius 2 is 2.00 bits per heavy atom. The molecule has 1 N–H and O–H groups in total. The van der Waals surface area contributed by atoms with Crippen molar-refractivity contribution in [2.45, 2.75) is 44.5 Å². The van der Waals surface area contributed by atoms with Gasteiger partial charge in [-0.2, -0.15) is 0 Å². The van der Waals surface area contributed by atoms with E-state index in [0.29, 0.717) is 22.6 Å². The third kappa shape index (κ3) is 4.74. The predicted molar refractivity (Wildman–Crippen MR) is 120 cm³/mol. The van der Waals surface area contributed by atoms with Gasteiger partial charge in [0.25, 0.3) is 5.56 Å². The molecule has 2 aromatic carbocycles. The quantitative estimate of drug-likeness (QED) is 0.480. The van der Waals surface area contributed by atoms with E-state index in [0.717, 1.165) is 36.3 Å². The van der Waals surface area contributed by atoms with E-state index < -0.39 is 0 Å². The van der Waals surface area contributed by atoms with Crippen molar-refractivity contribution < 1.29 is 9.53 Å². The van der Waals surface area contributed by atoms with Crippen molar-refractivity contribution in [3.05, 3.63) is 63.9 Å². The number of anilines is 1. The Labute approximate surface area is 179 Å². The van der Waals surface area contributed by atoms with E-state index in [1.165, 1.54) is 11.8 Å². The van der Waals surface area contributed by atoms with Gasteiger partial charge in [0.15, 0.2) is 5.16 Å². The third-order valence-electron chi connectivity index (χ3n) is 5.07. The van der Waals surface area contributed by atoms with Crippen LogP contribution in [0.4, 0.5) is 5.69 Å². The molecule has 1 aromatic heterocycles. The molecule has 30 heavy (non-hydrogen) atoms. The standard InChI is InChI=1S/C23H25N3O3S/c1-15-10-16(2)12-17(11-15)24-21(27)14-30-23-25-20-8-4-3-7-19(20)22(28)26(23)13-18-6-5-9-29-18/h3-4,7-8,10-12,18H,5-6,9,13-14H2,1-2H3,(H,24,27). The summed E-state index contributed by atoms with van der Waals surface area (Å²) in [5.41, 5.74) is 3.53. The van der Waals surface area contributed by atoms with Crippen molar-refractivity contribution in [2.24, 2.45) is 0 Å². The fraction of sp³-hybridized carbons (Fsp3) is 0.348. The number of nitrogens with one attached hydrogen (secondary N) is 1. The number of nitrogens with zero attached hydrogens (tertiary/aromatic N) is 2. The summed E-state index contributed by atoms with van der Waals surface area (Å²) in [5, 5.41) is 4.07. The highest BCUT2D eigenvalue weighted by Crippen LogP contribution is 2.22. The molecule has 1 saturated heterocycles. The average molecular weight is 424 g/mol. The zero-order chi connectivity index (χ0) is 21.1. The van der Waals surface area contributed by atoms with Crippen LogP contribution in [0.25, 0.3) is 10.9 Å². The normalized spacial score (nSPS) is 16.1. The summed E-state index contributed by atoms with van der Waals surface area (Å²) < 4.78 is 7.39. The van der Waals surface area contributed by atoms with Crippen molar-refractivity contribution in [3.8, 4) is 0 Å². The number of aromatic nitrogens is 2. The number of carbonyl (C=O) groups is 1. The Morgan fingerprint density at radius 3 is 2.73 bits per heavy atom. The van der Waals surface area contributed by atoms with Gasteiger partial charge in [0.05, 0.1) is 29.3 Å². The summed E-state index contributed by atoms with van der Waals surface area (Å²) in [6.45, 7) is 5.18. The van der Waals surface area contributed by atoms with E-state index in [1.54, 1.807) is 10.6 Å². The Morgan fingerprint density at radius 1 is 1.23 bits per heavy atom. The summed E-state index contributed by atoms with van der Waals surface area (Å²) in [7, 11) is 0. The molecule has 3 aromatic rings.